The molecule has 6 nitrogen and oxygen atoms in total. The number of hydrogen-bond acceptors (Lipinski definition) is 5. The first-order valence-electron chi connectivity index (χ1n) is 7.36. The summed E-state index contributed by atoms with van der Waals surface area (Å²) >= 11 is 0. The molecule has 23 heavy (non-hydrogen) atoms. The zero-order chi connectivity index (χ0) is 16.2. The molecule has 0 spiro atoms. The van der Waals surface area contributed by atoms with Crippen molar-refractivity contribution in [3.05, 3.63) is 75.3 Å². The van der Waals surface area contributed by atoms with E-state index in [2.05, 4.69) is 5.32 Å². The molecule has 0 amide bonds. The lowest BCUT2D eigenvalue weighted by atomic mass is 9.93. The van der Waals surface area contributed by atoms with Crippen LogP contribution in [0.3, 0.4) is 0 Å². The maximum atomic E-state index is 12.8. The molecule has 0 saturated carbocycles. The Bertz CT molecular complexity index is 725. The highest BCUT2D eigenvalue weighted by Crippen LogP contribution is 2.27. The molecule has 1 N–H and O–H groups in total. The number of benzene rings is 2. The lowest BCUT2D eigenvalue weighted by molar-refractivity contribution is -0.384. The molecule has 1 heterocycles. The summed E-state index contributed by atoms with van der Waals surface area (Å²) in [5.74, 6) is -0.150. The highest BCUT2D eigenvalue weighted by atomic mass is 16.6. The van der Waals surface area contributed by atoms with Gasteiger partial charge in [-0.1, -0.05) is 30.3 Å². The standard InChI is InChI=1S/C17H16N2O4/c20-17(12-4-2-1-3-5-12)14-7-6-13(19(21)22)10-15(14)16-11-23-9-8-18-16/h1-7,10,16,18H,8-9,11H2. The number of carbonyl (C=O) groups is 1. The summed E-state index contributed by atoms with van der Waals surface area (Å²) in [5, 5.41) is 14.3. The van der Waals surface area contributed by atoms with E-state index in [0.29, 0.717) is 36.4 Å². The van der Waals surface area contributed by atoms with Crippen LogP contribution in [0.4, 0.5) is 5.69 Å². The second-order valence-electron chi connectivity index (χ2n) is 5.31. The fraction of sp³-hybridized carbons (Fsp3) is 0.235. The first kappa shape index (κ1) is 15.3. The number of non-ortho nitro benzene ring substituents is 1. The first-order valence-corrected chi connectivity index (χ1v) is 7.36. The van der Waals surface area contributed by atoms with Crippen LogP contribution in [-0.2, 0) is 4.74 Å². The van der Waals surface area contributed by atoms with Gasteiger partial charge >= 0.3 is 0 Å². The maximum absolute atomic E-state index is 12.8. The molecule has 1 atom stereocenters. The largest absolute Gasteiger partial charge is 0.378 e. The molecule has 1 unspecified atom stereocenters. The third kappa shape index (κ3) is 3.28. The Morgan fingerprint density at radius 3 is 2.65 bits per heavy atom. The van der Waals surface area contributed by atoms with Crippen LogP contribution in [0.5, 0.6) is 0 Å². The smallest absolute Gasteiger partial charge is 0.269 e. The van der Waals surface area contributed by atoms with Gasteiger partial charge in [0.05, 0.1) is 24.2 Å². The van der Waals surface area contributed by atoms with Gasteiger partial charge in [-0.05, 0) is 11.6 Å². The van der Waals surface area contributed by atoms with Crippen molar-refractivity contribution in [3.8, 4) is 0 Å². The average Bonchev–Trinajstić information content (AvgIpc) is 2.62. The number of nitrogens with zero attached hydrogens (tertiary/aromatic N) is 1. The van der Waals surface area contributed by atoms with E-state index >= 15 is 0 Å². The highest BCUT2D eigenvalue weighted by Gasteiger charge is 2.24. The van der Waals surface area contributed by atoms with Crippen LogP contribution in [-0.4, -0.2) is 30.5 Å². The number of hydrogen-bond donors (Lipinski definition) is 1. The number of morpholine rings is 1. The molecule has 118 valence electrons. The third-order valence-corrected chi connectivity index (χ3v) is 3.82. The van der Waals surface area contributed by atoms with E-state index in [-0.39, 0.29) is 17.5 Å². The molecule has 0 radical (unpaired) electrons. The molecule has 1 aliphatic heterocycles. The molecular weight excluding hydrogens is 296 g/mol. The molecule has 1 saturated heterocycles. The fourth-order valence-electron chi connectivity index (χ4n) is 2.67. The quantitative estimate of drug-likeness (QED) is 0.533. The van der Waals surface area contributed by atoms with Gasteiger partial charge in [-0.2, -0.15) is 0 Å². The van der Waals surface area contributed by atoms with Crippen LogP contribution in [0, 0.1) is 10.1 Å². The van der Waals surface area contributed by atoms with Gasteiger partial charge in [-0.15, -0.1) is 0 Å². The van der Waals surface area contributed by atoms with Gasteiger partial charge in [0.15, 0.2) is 5.78 Å². The summed E-state index contributed by atoms with van der Waals surface area (Å²) in [5.41, 5.74) is 1.59. The number of nitrogens with one attached hydrogen (secondary N) is 1. The van der Waals surface area contributed by atoms with Gasteiger partial charge in [0.1, 0.15) is 0 Å². The van der Waals surface area contributed by atoms with Crippen molar-refractivity contribution in [1.82, 2.24) is 5.32 Å². The van der Waals surface area contributed by atoms with Crippen molar-refractivity contribution in [2.75, 3.05) is 19.8 Å². The van der Waals surface area contributed by atoms with Crippen LogP contribution in [0.25, 0.3) is 0 Å². The molecule has 2 aromatic rings. The van der Waals surface area contributed by atoms with E-state index in [1.54, 1.807) is 24.3 Å². The number of nitro groups is 1. The zero-order valence-corrected chi connectivity index (χ0v) is 12.4. The summed E-state index contributed by atoms with van der Waals surface area (Å²) < 4.78 is 5.43. The van der Waals surface area contributed by atoms with Gasteiger partial charge < -0.3 is 10.1 Å². The van der Waals surface area contributed by atoms with Crippen LogP contribution < -0.4 is 5.32 Å². The minimum absolute atomic E-state index is 0.0306. The van der Waals surface area contributed by atoms with Crippen molar-refractivity contribution in [2.45, 2.75) is 6.04 Å². The van der Waals surface area contributed by atoms with Gasteiger partial charge in [-0.3, -0.25) is 14.9 Å². The second kappa shape index (κ2) is 6.68. The highest BCUT2D eigenvalue weighted by molar-refractivity contribution is 6.10. The maximum Gasteiger partial charge on any atom is 0.269 e. The summed E-state index contributed by atoms with van der Waals surface area (Å²) in [4.78, 5) is 23.4. The molecule has 0 aromatic heterocycles. The predicted octanol–water partition coefficient (Wildman–Crippen LogP) is 2.49. The molecule has 2 aromatic carbocycles. The molecular formula is C17H16N2O4. The Morgan fingerprint density at radius 2 is 2.00 bits per heavy atom. The topological polar surface area (TPSA) is 81.5 Å². The van der Waals surface area contributed by atoms with Gasteiger partial charge in [0.2, 0.25) is 0 Å². The van der Waals surface area contributed by atoms with Crippen LogP contribution >= 0.6 is 0 Å². The fourth-order valence-corrected chi connectivity index (χ4v) is 2.67. The van der Waals surface area contributed by atoms with Crippen molar-refractivity contribution < 1.29 is 14.5 Å². The lowest BCUT2D eigenvalue weighted by Crippen LogP contribution is -2.35. The number of ether oxygens (including phenoxy) is 1. The number of rotatable bonds is 4. The van der Waals surface area contributed by atoms with E-state index in [1.165, 1.54) is 18.2 Å². The summed E-state index contributed by atoms with van der Waals surface area (Å²) in [6.07, 6.45) is 0. The van der Waals surface area contributed by atoms with Crippen molar-refractivity contribution >= 4 is 11.5 Å². The van der Waals surface area contributed by atoms with Crippen molar-refractivity contribution in [3.63, 3.8) is 0 Å². The van der Waals surface area contributed by atoms with Gasteiger partial charge in [-0.25, -0.2) is 0 Å². The Labute approximate surface area is 133 Å². The minimum atomic E-state index is -0.454. The molecule has 6 heteroatoms. The van der Waals surface area contributed by atoms with E-state index in [9.17, 15) is 14.9 Å². The SMILES string of the molecule is O=C(c1ccccc1)c1ccc([N+](=O)[O-])cc1C1COCCN1. The Hall–Kier alpha value is -2.57. The Balaban J connectivity index is 2.04. The minimum Gasteiger partial charge on any atom is -0.378 e. The molecule has 0 bridgehead atoms. The monoisotopic (exact) mass is 312 g/mol. The van der Waals surface area contributed by atoms with E-state index < -0.39 is 4.92 Å². The molecule has 1 fully saturated rings. The average molecular weight is 312 g/mol. The number of ketones is 1. The summed E-state index contributed by atoms with van der Waals surface area (Å²) in [6, 6.07) is 13.0. The molecule has 0 aliphatic carbocycles. The third-order valence-electron chi connectivity index (χ3n) is 3.82. The van der Waals surface area contributed by atoms with Crippen LogP contribution in [0.2, 0.25) is 0 Å². The van der Waals surface area contributed by atoms with E-state index in [1.807, 2.05) is 6.07 Å². The number of carbonyl (C=O) groups excluding carboxylic acids is 1. The molecule has 1 aliphatic rings. The second-order valence-corrected chi connectivity index (χ2v) is 5.31. The predicted molar refractivity (Wildman–Crippen MR) is 84.5 cm³/mol. The number of nitro benzene ring substituents is 1. The first-order chi connectivity index (χ1) is 11.2. The lowest BCUT2D eigenvalue weighted by Gasteiger charge is -2.25. The van der Waals surface area contributed by atoms with Gasteiger partial charge in [0, 0.05) is 29.8 Å². The van der Waals surface area contributed by atoms with E-state index in [4.69, 9.17) is 4.74 Å². The Morgan fingerprint density at radius 1 is 1.22 bits per heavy atom. The molecule has 3 rings (SSSR count). The Kier molecular flexibility index (Phi) is 4.45. The zero-order valence-electron chi connectivity index (χ0n) is 12.4. The van der Waals surface area contributed by atoms with Crippen molar-refractivity contribution in [1.29, 1.82) is 0 Å². The van der Waals surface area contributed by atoms with E-state index in [0.717, 1.165) is 0 Å². The summed E-state index contributed by atoms with van der Waals surface area (Å²) in [7, 11) is 0. The van der Waals surface area contributed by atoms with Crippen LogP contribution in [0.1, 0.15) is 27.5 Å². The summed E-state index contributed by atoms with van der Waals surface area (Å²) in [6.45, 7) is 1.62. The van der Waals surface area contributed by atoms with Crippen molar-refractivity contribution in [2.24, 2.45) is 0 Å². The normalized spacial score (nSPS) is 17.7. The van der Waals surface area contributed by atoms with Crippen LogP contribution in [0.15, 0.2) is 48.5 Å². The van der Waals surface area contributed by atoms with Gasteiger partial charge in [0.25, 0.3) is 5.69 Å².